The molecule has 0 aliphatic rings. The second-order valence-corrected chi connectivity index (χ2v) is 6.07. The summed E-state index contributed by atoms with van der Waals surface area (Å²) in [4.78, 5) is 15.0. The zero-order valence-electron chi connectivity index (χ0n) is 12.4. The lowest BCUT2D eigenvalue weighted by Crippen LogP contribution is -2.27. The molecule has 0 fully saturated rings. The fraction of sp³-hybridized carbons (Fsp3) is 0.235. The van der Waals surface area contributed by atoms with Crippen LogP contribution in [0.25, 0.3) is 0 Å². The summed E-state index contributed by atoms with van der Waals surface area (Å²) in [6.45, 7) is 2.66. The highest BCUT2D eigenvalue weighted by molar-refractivity contribution is 8.00. The maximum Gasteiger partial charge on any atom is 0.232 e. The molecule has 4 heteroatoms. The normalized spacial score (nSPS) is 10.4. The van der Waals surface area contributed by atoms with Crippen molar-refractivity contribution in [2.24, 2.45) is 0 Å². The van der Waals surface area contributed by atoms with Crippen LogP contribution in [-0.2, 0) is 11.3 Å². The first-order valence-corrected chi connectivity index (χ1v) is 7.81. The van der Waals surface area contributed by atoms with E-state index < -0.39 is 0 Å². The fourth-order valence-electron chi connectivity index (χ4n) is 1.97. The van der Waals surface area contributed by atoms with Crippen molar-refractivity contribution in [1.29, 1.82) is 0 Å². The number of thioether (sulfide) groups is 1. The van der Waals surface area contributed by atoms with Crippen molar-refractivity contribution in [3.05, 3.63) is 59.7 Å². The molecule has 0 aliphatic carbocycles. The highest BCUT2D eigenvalue weighted by Gasteiger charge is 2.10. The number of nitrogens with zero attached hydrogens (tertiary/aromatic N) is 1. The van der Waals surface area contributed by atoms with Crippen molar-refractivity contribution >= 4 is 23.4 Å². The van der Waals surface area contributed by atoms with Gasteiger partial charge in [-0.2, -0.15) is 0 Å². The van der Waals surface area contributed by atoms with Crippen LogP contribution in [0.15, 0.2) is 53.4 Å². The van der Waals surface area contributed by atoms with Gasteiger partial charge in [0.1, 0.15) is 0 Å². The minimum absolute atomic E-state index is 0.116. The summed E-state index contributed by atoms with van der Waals surface area (Å²) < 4.78 is 0. The van der Waals surface area contributed by atoms with Crippen LogP contribution in [0.5, 0.6) is 0 Å². The lowest BCUT2D eigenvalue weighted by atomic mass is 10.2. The van der Waals surface area contributed by atoms with Gasteiger partial charge in [0.2, 0.25) is 5.91 Å². The molecule has 0 atom stereocenters. The van der Waals surface area contributed by atoms with E-state index in [4.69, 9.17) is 5.73 Å². The Balaban J connectivity index is 1.91. The molecule has 0 aromatic heterocycles. The Labute approximate surface area is 130 Å². The molecular weight excluding hydrogens is 280 g/mol. The predicted octanol–water partition coefficient (Wildman–Crippen LogP) is 3.33. The third-order valence-corrected chi connectivity index (χ3v) is 4.39. The molecule has 0 saturated carbocycles. The van der Waals surface area contributed by atoms with E-state index in [0.29, 0.717) is 12.3 Å². The van der Waals surface area contributed by atoms with E-state index in [1.165, 1.54) is 11.8 Å². The lowest BCUT2D eigenvalue weighted by molar-refractivity contribution is -0.127. The third-order valence-electron chi connectivity index (χ3n) is 3.25. The van der Waals surface area contributed by atoms with Crippen LogP contribution >= 0.6 is 11.8 Å². The molecular formula is C17H20N2OS. The standard InChI is InChI=1S/C17H20N2OS/c1-13-8-9-15(18)10-16(13)21-12-17(20)19(2)11-14-6-4-3-5-7-14/h3-10H,11-12,18H2,1-2H3. The topological polar surface area (TPSA) is 46.3 Å². The minimum Gasteiger partial charge on any atom is -0.399 e. The number of nitrogens with two attached hydrogens (primary N) is 1. The van der Waals surface area contributed by atoms with Crippen LogP contribution in [0.2, 0.25) is 0 Å². The first-order valence-electron chi connectivity index (χ1n) is 6.83. The molecule has 0 aliphatic heterocycles. The molecule has 21 heavy (non-hydrogen) atoms. The summed E-state index contributed by atoms with van der Waals surface area (Å²) in [5, 5.41) is 0. The first kappa shape index (κ1) is 15.4. The molecule has 0 heterocycles. The van der Waals surface area contributed by atoms with Gasteiger partial charge in [-0.25, -0.2) is 0 Å². The number of rotatable bonds is 5. The Morgan fingerprint density at radius 2 is 1.90 bits per heavy atom. The zero-order chi connectivity index (χ0) is 15.2. The van der Waals surface area contributed by atoms with Crippen molar-refractivity contribution in [1.82, 2.24) is 4.90 Å². The van der Waals surface area contributed by atoms with Crippen molar-refractivity contribution in [3.63, 3.8) is 0 Å². The highest BCUT2D eigenvalue weighted by Crippen LogP contribution is 2.24. The van der Waals surface area contributed by atoms with E-state index in [9.17, 15) is 4.79 Å². The Morgan fingerprint density at radius 1 is 1.19 bits per heavy atom. The fourth-order valence-corrected chi connectivity index (χ4v) is 2.98. The molecule has 2 aromatic carbocycles. The van der Waals surface area contributed by atoms with Crippen molar-refractivity contribution in [3.8, 4) is 0 Å². The number of benzene rings is 2. The second kappa shape index (κ2) is 7.18. The smallest absolute Gasteiger partial charge is 0.232 e. The van der Waals surface area contributed by atoms with Crippen molar-refractivity contribution < 1.29 is 4.79 Å². The van der Waals surface area contributed by atoms with Crippen molar-refractivity contribution in [2.45, 2.75) is 18.4 Å². The molecule has 0 saturated heterocycles. The van der Waals surface area contributed by atoms with Gasteiger partial charge in [0, 0.05) is 24.2 Å². The number of carbonyl (C=O) groups is 1. The Kier molecular flexibility index (Phi) is 5.28. The van der Waals surface area contributed by atoms with Gasteiger partial charge >= 0.3 is 0 Å². The van der Waals surface area contributed by atoms with Crippen LogP contribution in [0, 0.1) is 6.92 Å². The summed E-state index contributed by atoms with van der Waals surface area (Å²) in [7, 11) is 1.84. The quantitative estimate of drug-likeness (QED) is 0.680. The summed E-state index contributed by atoms with van der Waals surface area (Å²) in [6.07, 6.45) is 0. The third kappa shape index (κ3) is 4.53. The average molecular weight is 300 g/mol. The van der Waals surface area contributed by atoms with E-state index in [0.717, 1.165) is 21.7 Å². The van der Waals surface area contributed by atoms with E-state index in [-0.39, 0.29) is 5.91 Å². The molecule has 0 bridgehead atoms. The number of anilines is 1. The molecule has 2 N–H and O–H groups in total. The SMILES string of the molecule is Cc1ccc(N)cc1SCC(=O)N(C)Cc1ccccc1. The molecule has 0 spiro atoms. The van der Waals surface area contributed by atoms with Gasteiger partial charge in [-0.05, 0) is 30.2 Å². The molecule has 3 nitrogen and oxygen atoms in total. The summed E-state index contributed by atoms with van der Waals surface area (Å²) in [5.41, 5.74) is 8.80. The average Bonchev–Trinajstić information content (AvgIpc) is 2.49. The number of hydrogen-bond acceptors (Lipinski definition) is 3. The Morgan fingerprint density at radius 3 is 2.62 bits per heavy atom. The van der Waals surface area contributed by atoms with Gasteiger partial charge in [-0.1, -0.05) is 36.4 Å². The molecule has 1 amide bonds. The minimum atomic E-state index is 0.116. The second-order valence-electron chi connectivity index (χ2n) is 5.05. The van der Waals surface area contributed by atoms with Gasteiger partial charge in [-0.15, -0.1) is 11.8 Å². The largest absolute Gasteiger partial charge is 0.399 e. The van der Waals surface area contributed by atoms with Crippen molar-refractivity contribution in [2.75, 3.05) is 18.5 Å². The van der Waals surface area contributed by atoms with E-state index >= 15 is 0 Å². The number of carbonyl (C=O) groups excluding carboxylic acids is 1. The van der Waals surface area contributed by atoms with E-state index in [2.05, 4.69) is 0 Å². The number of hydrogen-bond donors (Lipinski definition) is 1. The van der Waals surface area contributed by atoms with Gasteiger partial charge in [0.25, 0.3) is 0 Å². The summed E-state index contributed by atoms with van der Waals surface area (Å²) in [6, 6.07) is 15.8. The zero-order valence-corrected chi connectivity index (χ0v) is 13.2. The van der Waals surface area contributed by atoms with Gasteiger partial charge in [0.05, 0.1) is 5.75 Å². The highest BCUT2D eigenvalue weighted by atomic mass is 32.2. The maximum atomic E-state index is 12.2. The first-order chi connectivity index (χ1) is 10.1. The van der Waals surface area contributed by atoms with E-state index in [1.807, 2.05) is 62.5 Å². The van der Waals surface area contributed by atoms with Crippen LogP contribution in [0.1, 0.15) is 11.1 Å². The number of aryl methyl sites for hydroxylation is 1. The van der Waals surface area contributed by atoms with Gasteiger partial charge < -0.3 is 10.6 Å². The molecule has 2 aromatic rings. The predicted molar refractivity (Wildman–Crippen MR) is 89.2 cm³/mol. The van der Waals surface area contributed by atoms with E-state index in [1.54, 1.807) is 4.90 Å². The molecule has 110 valence electrons. The summed E-state index contributed by atoms with van der Waals surface area (Å²) in [5.74, 6) is 0.541. The maximum absolute atomic E-state index is 12.2. The van der Waals surface area contributed by atoms with Crippen LogP contribution in [0.3, 0.4) is 0 Å². The molecule has 0 radical (unpaired) electrons. The monoisotopic (exact) mass is 300 g/mol. The molecule has 2 rings (SSSR count). The number of amides is 1. The Bertz CT molecular complexity index is 613. The van der Waals surface area contributed by atoms with Gasteiger partial charge in [0.15, 0.2) is 0 Å². The van der Waals surface area contributed by atoms with Crippen LogP contribution in [-0.4, -0.2) is 23.6 Å². The lowest BCUT2D eigenvalue weighted by Gasteiger charge is -2.17. The Hall–Kier alpha value is -1.94. The van der Waals surface area contributed by atoms with Gasteiger partial charge in [-0.3, -0.25) is 4.79 Å². The van der Waals surface area contributed by atoms with Crippen LogP contribution < -0.4 is 5.73 Å². The molecule has 0 unspecified atom stereocenters. The number of nitrogen functional groups attached to an aromatic ring is 1. The van der Waals surface area contributed by atoms with Crippen LogP contribution in [0.4, 0.5) is 5.69 Å². The summed E-state index contributed by atoms with van der Waals surface area (Å²) >= 11 is 1.54.